The average molecular weight is 389 g/mol. The summed E-state index contributed by atoms with van der Waals surface area (Å²) < 4.78 is 0. The summed E-state index contributed by atoms with van der Waals surface area (Å²) in [6, 6.07) is 7.96. The first-order valence-corrected chi connectivity index (χ1v) is 10.3. The Bertz CT molecular complexity index is 1220. The first-order chi connectivity index (χ1) is 13.4. The number of hydrogen-bond donors (Lipinski definition) is 2. The summed E-state index contributed by atoms with van der Waals surface area (Å²) in [4.78, 5) is 24.8. The van der Waals surface area contributed by atoms with Crippen LogP contribution in [0.2, 0.25) is 0 Å². The molecule has 3 heterocycles. The average Bonchev–Trinajstić information content (AvgIpc) is 3.19. The van der Waals surface area contributed by atoms with Crippen molar-refractivity contribution in [3.05, 3.63) is 45.6 Å². The fraction of sp³-hybridized carbons (Fsp3) is 0.381. The quantitative estimate of drug-likeness (QED) is 0.667. The van der Waals surface area contributed by atoms with Gasteiger partial charge in [0, 0.05) is 41.1 Å². The molecule has 28 heavy (non-hydrogen) atoms. The zero-order valence-corrected chi connectivity index (χ0v) is 16.4. The van der Waals surface area contributed by atoms with Crippen molar-refractivity contribution < 1.29 is 4.79 Å². The van der Waals surface area contributed by atoms with Gasteiger partial charge in [0.2, 0.25) is 5.78 Å². The number of ketones is 1. The molecule has 2 fully saturated rings. The Balaban J connectivity index is 1.48. The number of nitrogens with zero attached hydrogens (tertiary/aromatic N) is 3. The number of anilines is 1. The number of rotatable bonds is 1. The second-order valence-electron chi connectivity index (χ2n) is 8.69. The molecule has 3 atom stereocenters. The molecule has 0 radical (unpaired) electrons. The summed E-state index contributed by atoms with van der Waals surface area (Å²) in [7, 11) is 0. The minimum atomic E-state index is -0.405. The van der Waals surface area contributed by atoms with E-state index in [-0.39, 0.29) is 5.78 Å². The Hall–Kier alpha value is -2.69. The Morgan fingerprint density at radius 2 is 2.11 bits per heavy atom. The predicted octanol–water partition coefficient (Wildman–Crippen LogP) is 2.76. The summed E-state index contributed by atoms with van der Waals surface area (Å²) in [6.07, 6.45) is 0. The van der Waals surface area contributed by atoms with E-state index in [1.807, 2.05) is 12.1 Å². The molecule has 1 saturated carbocycles. The molecule has 1 aliphatic heterocycles. The largest absolute Gasteiger partial charge is 0.357 e. The number of nitriles is 1. The van der Waals surface area contributed by atoms with Crippen LogP contribution in [0.4, 0.5) is 5.13 Å². The van der Waals surface area contributed by atoms with Crippen molar-refractivity contribution in [2.75, 3.05) is 18.0 Å². The molecule has 0 bridgehead atoms. The van der Waals surface area contributed by atoms with Gasteiger partial charge in [-0.1, -0.05) is 17.4 Å². The normalized spacial score (nSPS) is 26.7. The Kier molecular flexibility index (Phi) is 2.92. The minimum absolute atomic E-state index is 0.0325. The minimum Gasteiger partial charge on any atom is -0.357 e. The molecule has 2 aliphatic carbocycles. The van der Waals surface area contributed by atoms with Crippen molar-refractivity contribution in [2.45, 2.75) is 25.3 Å². The van der Waals surface area contributed by atoms with Crippen LogP contribution in [0, 0.1) is 23.2 Å². The highest BCUT2D eigenvalue weighted by Crippen LogP contribution is 2.50. The molecule has 1 saturated heterocycles. The van der Waals surface area contributed by atoms with E-state index in [1.165, 1.54) is 11.3 Å². The van der Waals surface area contributed by atoms with Crippen LogP contribution in [0.25, 0.3) is 10.9 Å². The van der Waals surface area contributed by atoms with Gasteiger partial charge in [0.15, 0.2) is 5.13 Å². The van der Waals surface area contributed by atoms with E-state index >= 15 is 0 Å². The molecule has 140 valence electrons. The van der Waals surface area contributed by atoms with Gasteiger partial charge in [-0.3, -0.25) is 4.79 Å². The molecule has 6 rings (SSSR count). The lowest BCUT2D eigenvalue weighted by Gasteiger charge is -2.28. The van der Waals surface area contributed by atoms with Crippen molar-refractivity contribution in [3.8, 4) is 6.07 Å². The molecular formula is C21H19N5OS. The second kappa shape index (κ2) is 5.02. The van der Waals surface area contributed by atoms with Gasteiger partial charge < -0.3 is 15.6 Å². The Morgan fingerprint density at radius 1 is 1.36 bits per heavy atom. The van der Waals surface area contributed by atoms with E-state index in [9.17, 15) is 10.1 Å². The van der Waals surface area contributed by atoms with Gasteiger partial charge in [-0.2, -0.15) is 5.26 Å². The summed E-state index contributed by atoms with van der Waals surface area (Å²) >= 11 is 1.51. The first-order valence-electron chi connectivity index (χ1n) is 9.53. The number of carbonyl (C=O) groups excluding carboxylic acids is 1. The molecule has 0 spiro atoms. The molecule has 6 nitrogen and oxygen atoms in total. The van der Waals surface area contributed by atoms with Crippen LogP contribution in [0.15, 0.2) is 18.2 Å². The highest BCUT2D eigenvalue weighted by Gasteiger charge is 2.54. The molecule has 2 aromatic heterocycles. The zero-order chi connectivity index (χ0) is 19.4. The molecular weight excluding hydrogens is 370 g/mol. The van der Waals surface area contributed by atoms with Gasteiger partial charge in [0.1, 0.15) is 4.88 Å². The third-order valence-corrected chi connectivity index (χ3v) is 7.84. The van der Waals surface area contributed by atoms with E-state index in [0.717, 1.165) is 51.0 Å². The zero-order valence-electron chi connectivity index (χ0n) is 15.6. The number of H-pyrrole nitrogens is 1. The highest BCUT2D eigenvalue weighted by atomic mass is 32.1. The maximum atomic E-state index is 13.4. The maximum absolute atomic E-state index is 13.4. The van der Waals surface area contributed by atoms with E-state index in [2.05, 4.69) is 29.8 Å². The molecule has 3 N–H and O–H groups in total. The van der Waals surface area contributed by atoms with Crippen molar-refractivity contribution in [1.82, 2.24) is 9.97 Å². The Morgan fingerprint density at radius 3 is 2.82 bits per heavy atom. The third-order valence-electron chi connectivity index (χ3n) is 6.72. The maximum Gasteiger partial charge on any atom is 0.207 e. The van der Waals surface area contributed by atoms with Gasteiger partial charge in [0.05, 0.1) is 22.9 Å². The highest BCUT2D eigenvalue weighted by molar-refractivity contribution is 7.18. The lowest BCUT2D eigenvalue weighted by molar-refractivity contribution is 0.103. The molecule has 3 aliphatic rings. The first kappa shape index (κ1) is 16.3. The topological polar surface area (TPSA) is 98.8 Å². The van der Waals surface area contributed by atoms with Crippen LogP contribution in [0.3, 0.4) is 0 Å². The van der Waals surface area contributed by atoms with Crippen LogP contribution in [-0.2, 0) is 5.41 Å². The number of aromatic amines is 1. The second-order valence-corrected chi connectivity index (χ2v) is 9.66. The number of nitrogens with one attached hydrogen (secondary N) is 1. The van der Waals surface area contributed by atoms with E-state index in [4.69, 9.17) is 10.7 Å². The lowest BCUT2D eigenvalue weighted by Crippen LogP contribution is -2.30. The number of benzene rings is 1. The van der Waals surface area contributed by atoms with Gasteiger partial charge >= 0.3 is 0 Å². The van der Waals surface area contributed by atoms with Gasteiger partial charge in [-0.15, -0.1) is 0 Å². The fourth-order valence-electron chi connectivity index (χ4n) is 4.95. The molecule has 7 heteroatoms. The number of nitrogens with two attached hydrogens (primary N) is 1. The fourth-order valence-corrected chi connectivity index (χ4v) is 6.14. The van der Waals surface area contributed by atoms with E-state index in [1.54, 1.807) is 6.07 Å². The molecule has 3 aromatic rings. The van der Waals surface area contributed by atoms with Crippen molar-refractivity contribution in [3.63, 3.8) is 0 Å². The SMILES string of the molecule is CC1(C)c2nc(N3CC4C(N)[C@H]4C3)sc2C(=O)c2c1[nH]c1cc(C#N)ccc21. The summed E-state index contributed by atoms with van der Waals surface area (Å²) in [5, 5.41) is 11.0. The van der Waals surface area contributed by atoms with E-state index in [0.29, 0.717) is 23.4 Å². The number of hydrogen-bond acceptors (Lipinski definition) is 6. The number of aromatic nitrogens is 2. The number of carbonyl (C=O) groups is 1. The number of piperidine rings is 1. The monoisotopic (exact) mass is 389 g/mol. The van der Waals surface area contributed by atoms with Crippen LogP contribution >= 0.6 is 11.3 Å². The summed E-state index contributed by atoms with van der Waals surface area (Å²) in [6.45, 7) is 6.10. The number of fused-ring (bicyclic) bond motifs is 5. The van der Waals surface area contributed by atoms with Gasteiger partial charge in [-0.25, -0.2) is 4.98 Å². The molecule has 0 amide bonds. The molecule has 2 unspecified atom stereocenters. The predicted molar refractivity (Wildman–Crippen MR) is 108 cm³/mol. The van der Waals surface area contributed by atoms with Gasteiger partial charge in [0.25, 0.3) is 0 Å². The smallest absolute Gasteiger partial charge is 0.207 e. The van der Waals surface area contributed by atoms with Crippen molar-refractivity contribution >= 4 is 33.2 Å². The molecule has 1 aromatic carbocycles. The van der Waals surface area contributed by atoms with Crippen LogP contribution in [-0.4, -0.2) is 34.9 Å². The standard InChI is InChI=1S/C21H19N5OS/c1-21(2)18-14(10-4-3-9(6-22)5-13(10)24-18)16(27)17-19(21)25-20(28-17)26-7-11-12(8-26)15(11)23/h3-5,11-12,15,24H,7-8,23H2,1-2H3/t11-,12?,15?/m0/s1. The van der Waals surface area contributed by atoms with Crippen LogP contribution in [0.1, 0.15) is 46.0 Å². The van der Waals surface area contributed by atoms with Crippen molar-refractivity contribution in [2.24, 2.45) is 17.6 Å². The summed E-state index contributed by atoms with van der Waals surface area (Å²) in [5.74, 6) is 1.19. The van der Waals surface area contributed by atoms with Crippen molar-refractivity contribution in [1.29, 1.82) is 5.26 Å². The summed E-state index contributed by atoms with van der Waals surface area (Å²) in [5.41, 5.74) is 9.53. The van der Waals surface area contributed by atoms with Crippen LogP contribution in [0.5, 0.6) is 0 Å². The number of thiazole rings is 1. The Labute approximate surface area is 166 Å². The van der Waals surface area contributed by atoms with Gasteiger partial charge in [-0.05, 0) is 37.8 Å². The third kappa shape index (κ3) is 1.89. The lowest BCUT2D eigenvalue weighted by atomic mass is 9.77. The van der Waals surface area contributed by atoms with Crippen LogP contribution < -0.4 is 10.6 Å². The van der Waals surface area contributed by atoms with E-state index < -0.39 is 5.41 Å².